The van der Waals surface area contributed by atoms with Crippen molar-refractivity contribution in [2.45, 2.75) is 45.8 Å². The van der Waals surface area contributed by atoms with Gasteiger partial charge in [-0.1, -0.05) is 17.7 Å². The minimum absolute atomic E-state index is 0.177. The number of rotatable bonds is 2. The van der Waals surface area contributed by atoms with Crippen molar-refractivity contribution >= 4 is 23.6 Å². The Bertz CT molecular complexity index is 731. The van der Waals surface area contributed by atoms with Gasteiger partial charge in [0.1, 0.15) is 5.60 Å². The molecule has 2 fully saturated rings. The van der Waals surface area contributed by atoms with Crippen molar-refractivity contribution in [2.24, 2.45) is 0 Å². The molecule has 2 heterocycles. The first-order chi connectivity index (χ1) is 12.7. The smallest absolute Gasteiger partial charge is 0.410 e. The number of benzene rings is 1. The molecule has 0 bridgehead atoms. The molecule has 2 aliphatic heterocycles. The highest BCUT2D eigenvalue weighted by atomic mass is 16.6. The summed E-state index contributed by atoms with van der Waals surface area (Å²) in [6.45, 7) is 9.53. The Morgan fingerprint density at radius 3 is 2.19 bits per heavy atom. The maximum Gasteiger partial charge on any atom is 0.410 e. The SMILES string of the molecule is Cc1ccc(N2C(=O)C[C@H](N3CCN(C(=O)OC(C)(C)C)CC3)C2=O)cc1. The second kappa shape index (κ2) is 7.31. The highest BCUT2D eigenvalue weighted by Crippen LogP contribution is 2.26. The van der Waals surface area contributed by atoms with Gasteiger partial charge in [-0.15, -0.1) is 0 Å². The van der Waals surface area contributed by atoms with E-state index in [1.54, 1.807) is 17.0 Å². The molecule has 0 N–H and O–H groups in total. The van der Waals surface area contributed by atoms with Crippen LogP contribution < -0.4 is 4.90 Å². The van der Waals surface area contributed by atoms with E-state index in [1.807, 2.05) is 44.7 Å². The molecule has 3 amide bonds. The first kappa shape index (κ1) is 19.4. The van der Waals surface area contributed by atoms with Crippen molar-refractivity contribution in [3.05, 3.63) is 29.8 Å². The van der Waals surface area contributed by atoms with Gasteiger partial charge in [0.2, 0.25) is 5.91 Å². The number of aryl methyl sites for hydroxylation is 1. The monoisotopic (exact) mass is 373 g/mol. The number of carbonyl (C=O) groups excluding carboxylic acids is 3. The number of amides is 3. The average molecular weight is 373 g/mol. The highest BCUT2D eigenvalue weighted by molar-refractivity contribution is 6.22. The van der Waals surface area contributed by atoms with Gasteiger partial charge in [0.05, 0.1) is 18.2 Å². The van der Waals surface area contributed by atoms with Crippen molar-refractivity contribution in [1.82, 2.24) is 9.80 Å². The van der Waals surface area contributed by atoms with Crippen molar-refractivity contribution in [1.29, 1.82) is 0 Å². The van der Waals surface area contributed by atoms with Gasteiger partial charge in [0, 0.05) is 26.2 Å². The van der Waals surface area contributed by atoms with E-state index in [-0.39, 0.29) is 24.3 Å². The molecule has 1 atom stereocenters. The van der Waals surface area contributed by atoms with Gasteiger partial charge >= 0.3 is 6.09 Å². The number of hydrogen-bond acceptors (Lipinski definition) is 5. The number of hydrogen-bond donors (Lipinski definition) is 0. The maximum absolute atomic E-state index is 12.9. The van der Waals surface area contributed by atoms with E-state index in [2.05, 4.69) is 0 Å². The fourth-order valence-electron chi connectivity index (χ4n) is 3.41. The van der Waals surface area contributed by atoms with Crippen molar-refractivity contribution < 1.29 is 19.1 Å². The van der Waals surface area contributed by atoms with Crippen molar-refractivity contribution in [3.8, 4) is 0 Å². The number of piperazine rings is 1. The zero-order valence-corrected chi connectivity index (χ0v) is 16.4. The fraction of sp³-hybridized carbons (Fsp3) is 0.550. The van der Waals surface area contributed by atoms with Crippen molar-refractivity contribution in [2.75, 3.05) is 31.1 Å². The number of imide groups is 1. The molecule has 0 unspecified atom stereocenters. The number of ether oxygens (including phenoxy) is 1. The van der Waals surface area contributed by atoms with Gasteiger partial charge in [0.15, 0.2) is 0 Å². The van der Waals surface area contributed by atoms with Crippen LogP contribution in [0.15, 0.2) is 24.3 Å². The van der Waals surface area contributed by atoms with E-state index < -0.39 is 11.6 Å². The molecule has 0 aromatic heterocycles. The lowest BCUT2D eigenvalue weighted by molar-refractivity contribution is -0.123. The Balaban J connectivity index is 1.62. The van der Waals surface area contributed by atoms with Gasteiger partial charge in [-0.2, -0.15) is 0 Å². The summed E-state index contributed by atoms with van der Waals surface area (Å²) in [6.07, 6.45) is -0.156. The quantitative estimate of drug-likeness (QED) is 0.743. The topological polar surface area (TPSA) is 70.2 Å². The molecule has 0 spiro atoms. The lowest BCUT2D eigenvalue weighted by Gasteiger charge is -2.37. The fourth-order valence-corrected chi connectivity index (χ4v) is 3.41. The number of nitrogens with zero attached hydrogens (tertiary/aromatic N) is 3. The predicted molar refractivity (Wildman–Crippen MR) is 101 cm³/mol. The molecule has 2 aliphatic rings. The zero-order chi connectivity index (χ0) is 19.8. The average Bonchev–Trinajstić information content (AvgIpc) is 2.89. The third kappa shape index (κ3) is 4.30. The Kier molecular flexibility index (Phi) is 5.24. The number of anilines is 1. The second-order valence-corrected chi connectivity index (χ2v) is 8.13. The molecule has 7 nitrogen and oxygen atoms in total. The van der Waals surface area contributed by atoms with Crippen LogP contribution in [0.4, 0.5) is 10.5 Å². The molecule has 0 aliphatic carbocycles. The summed E-state index contributed by atoms with van der Waals surface area (Å²) < 4.78 is 5.40. The summed E-state index contributed by atoms with van der Waals surface area (Å²) >= 11 is 0. The first-order valence-electron chi connectivity index (χ1n) is 9.31. The summed E-state index contributed by atoms with van der Waals surface area (Å²) in [4.78, 5) is 42.4. The summed E-state index contributed by atoms with van der Waals surface area (Å²) in [5.74, 6) is -0.363. The minimum Gasteiger partial charge on any atom is -0.444 e. The molecule has 2 saturated heterocycles. The molecule has 7 heteroatoms. The van der Waals surface area contributed by atoms with Crippen LogP contribution in [-0.2, 0) is 14.3 Å². The van der Waals surface area contributed by atoms with Gasteiger partial charge < -0.3 is 9.64 Å². The molecule has 0 radical (unpaired) electrons. The largest absolute Gasteiger partial charge is 0.444 e. The third-order valence-electron chi connectivity index (χ3n) is 4.82. The third-order valence-corrected chi connectivity index (χ3v) is 4.82. The Hall–Kier alpha value is -2.41. The van der Waals surface area contributed by atoms with E-state index in [0.29, 0.717) is 31.9 Å². The summed E-state index contributed by atoms with van der Waals surface area (Å²) in [5, 5.41) is 0. The lowest BCUT2D eigenvalue weighted by atomic mass is 10.1. The predicted octanol–water partition coefficient (Wildman–Crippen LogP) is 2.18. The first-order valence-corrected chi connectivity index (χ1v) is 9.31. The van der Waals surface area contributed by atoms with Crippen LogP contribution in [0.1, 0.15) is 32.8 Å². The minimum atomic E-state index is -0.531. The maximum atomic E-state index is 12.9. The van der Waals surface area contributed by atoms with Crippen LogP contribution in [0.3, 0.4) is 0 Å². The summed E-state index contributed by atoms with van der Waals surface area (Å²) in [5.41, 5.74) is 1.16. The Morgan fingerprint density at radius 1 is 1.04 bits per heavy atom. The van der Waals surface area contributed by atoms with Crippen molar-refractivity contribution in [3.63, 3.8) is 0 Å². The van der Waals surface area contributed by atoms with Gasteiger partial charge in [-0.05, 0) is 39.8 Å². The van der Waals surface area contributed by atoms with Gasteiger partial charge in [0.25, 0.3) is 5.91 Å². The molecule has 27 heavy (non-hydrogen) atoms. The van der Waals surface area contributed by atoms with E-state index in [4.69, 9.17) is 4.74 Å². The van der Waals surface area contributed by atoms with E-state index in [0.717, 1.165) is 5.56 Å². The zero-order valence-electron chi connectivity index (χ0n) is 16.4. The van der Waals surface area contributed by atoms with Crippen LogP contribution in [0.5, 0.6) is 0 Å². The molecule has 0 saturated carbocycles. The molecule has 1 aromatic rings. The normalized spacial score (nSPS) is 21.7. The van der Waals surface area contributed by atoms with E-state index in [1.165, 1.54) is 4.90 Å². The van der Waals surface area contributed by atoms with Crippen LogP contribution in [0, 0.1) is 6.92 Å². The molecule has 3 rings (SSSR count). The highest BCUT2D eigenvalue weighted by Gasteiger charge is 2.43. The summed E-state index contributed by atoms with van der Waals surface area (Å²) in [6, 6.07) is 6.92. The number of carbonyl (C=O) groups is 3. The van der Waals surface area contributed by atoms with Crippen LogP contribution >= 0.6 is 0 Å². The van der Waals surface area contributed by atoms with E-state index in [9.17, 15) is 14.4 Å². The van der Waals surface area contributed by atoms with Gasteiger partial charge in [-0.25, -0.2) is 9.69 Å². The van der Waals surface area contributed by atoms with Crippen LogP contribution in [0.2, 0.25) is 0 Å². The molecular formula is C20H27N3O4. The van der Waals surface area contributed by atoms with Crippen LogP contribution in [0.25, 0.3) is 0 Å². The van der Waals surface area contributed by atoms with Crippen LogP contribution in [-0.4, -0.2) is 65.5 Å². The summed E-state index contributed by atoms with van der Waals surface area (Å²) in [7, 11) is 0. The van der Waals surface area contributed by atoms with E-state index >= 15 is 0 Å². The molecular weight excluding hydrogens is 346 g/mol. The second-order valence-electron chi connectivity index (χ2n) is 8.13. The Morgan fingerprint density at radius 2 is 1.63 bits per heavy atom. The van der Waals surface area contributed by atoms with Gasteiger partial charge in [-0.3, -0.25) is 14.5 Å². The molecule has 1 aromatic carbocycles. The lowest BCUT2D eigenvalue weighted by Crippen LogP contribution is -2.54. The Labute approximate surface area is 159 Å². The molecule has 146 valence electrons. The standard InChI is InChI=1S/C20H27N3O4/c1-14-5-7-15(8-6-14)23-17(24)13-16(18(23)25)21-9-11-22(12-10-21)19(26)27-20(2,3)4/h5-8,16H,9-13H2,1-4H3/t16-/m0/s1.